The summed E-state index contributed by atoms with van der Waals surface area (Å²) in [5.74, 6) is 0.734. The lowest BCUT2D eigenvalue weighted by atomic mass is 10.2. The van der Waals surface area contributed by atoms with Gasteiger partial charge in [-0.1, -0.05) is 0 Å². The minimum Gasteiger partial charge on any atom is -0.504 e. The summed E-state index contributed by atoms with van der Waals surface area (Å²) in [4.78, 5) is 0. The zero-order chi connectivity index (χ0) is 10.1. The number of benzene rings is 1. The van der Waals surface area contributed by atoms with Crippen LogP contribution in [-0.2, 0) is 0 Å². The van der Waals surface area contributed by atoms with Gasteiger partial charge < -0.3 is 9.84 Å². The van der Waals surface area contributed by atoms with Gasteiger partial charge in [0.15, 0.2) is 11.5 Å². The largest absolute Gasteiger partial charge is 0.504 e. The Balaban J connectivity index is 2.64. The Kier molecular flexibility index (Phi) is 2.56. The Labute approximate surface area is 90.5 Å². The average molecular weight is 226 g/mol. The fourth-order valence-corrected chi connectivity index (χ4v) is 2.95. The summed E-state index contributed by atoms with van der Waals surface area (Å²) in [5.41, 5.74) is 0. The molecule has 0 atom stereocenters. The Bertz CT molecular complexity index is 462. The van der Waals surface area contributed by atoms with E-state index in [4.69, 9.17) is 4.74 Å². The van der Waals surface area contributed by atoms with Crippen molar-refractivity contribution >= 4 is 33.2 Å². The fraction of sp³-hybridized carbons (Fsp3) is 0.200. The molecule has 4 heteroatoms. The SMILES string of the molecule is COc1cc2sc(SC)cc2cc1O. The highest BCUT2D eigenvalue weighted by Gasteiger charge is 2.06. The molecule has 0 fully saturated rings. The minimum absolute atomic E-state index is 0.199. The zero-order valence-electron chi connectivity index (χ0n) is 7.90. The molecule has 2 nitrogen and oxygen atoms in total. The van der Waals surface area contributed by atoms with Crippen LogP contribution in [-0.4, -0.2) is 18.5 Å². The Morgan fingerprint density at radius 1 is 1.36 bits per heavy atom. The predicted octanol–water partition coefficient (Wildman–Crippen LogP) is 3.34. The number of phenolic OH excluding ortho intramolecular Hbond substituents is 1. The van der Waals surface area contributed by atoms with Gasteiger partial charge in [0.1, 0.15) is 0 Å². The van der Waals surface area contributed by atoms with E-state index >= 15 is 0 Å². The number of methoxy groups -OCH3 is 1. The summed E-state index contributed by atoms with van der Waals surface area (Å²) < 4.78 is 7.43. The van der Waals surface area contributed by atoms with Crippen LogP contribution in [0.4, 0.5) is 0 Å². The van der Waals surface area contributed by atoms with Gasteiger partial charge in [-0.2, -0.15) is 0 Å². The van der Waals surface area contributed by atoms with E-state index in [1.165, 1.54) is 4.21 Å². The van der Waals surface area contributed by atoms with Gasteiger partial charge in [0.05, 0.1) is 11.3 Å². The topological polar surface area (TPSA) is 29.5 Å². The van der Waals surface area contributed by atoms with Crippen LogP contribution in [0.2, 0.25) is 0 Å². The third-order valence-corrected chi connectivity index (χ3v) is 4.16. The summed E-state index contributed by atoms with van der Waals surface area (Å²) in [6.45, 7) is 0. The third-order valence-electron chi connectivity index (χ3n) is 2.00. The molecule has 0 unspecified atom stereocenters. The summed E-state index contributed by atoms with van der Waals surface area (Å²) in [6.07, 6.45) is 2.04. The minimum atomic E-state index is 0.199. The molecule has 14 heavy (non-hydrogen) atoms. The number of aromatic hydroxyl groups is 1. The molecular weight excluding hydrogens is 216 g/mol. The van der Waals surface area contributed by atoms with Crippen molar-refractivity contribution in [2.45, 2.75) is 4.21 Å². The molecule has 1 aromatic heterocycles. The first kappa shape index (κ1) is 9.68. The van der Waals surface area contributed by atoms with Crippen molar-refractivity contribution in [1.29, 1.82) is 0 Å². The van der Waals surface area contributed by atoms with Gasteiger partial charge in [0, 0.05) is 10.8 Å². The number of rotatable bonds is 2. The molecule has 0 aliphatic rings. The van der Waals surface area contributed by atoms with Gasteiger partial charge in [-0.3, -0.25) is 0 Å². The van der Waals surface area contributed by atoms with E-state index in [2.05, 4.69) is 6.07 Å². The summed E-state index contributed by atoms with van der Waals surface area (Å²) >= 11 is 3.42. The van der Waals surface area contributed by atoms with Gasteiger partial charge in [-0.15, -0.1) is 23.1 Å². The second kappa shape index (κ2) is 3.71. The van der Waals surface area contributed by atoms with Crippen LogP contribution in [0.1, 0.15) is 0 Å². The van der Waals surface area contributed by atoms with Crippen molar-refractivity contribution in [3.63, 3.8) is 0 Å². The van der Waals surface area contributed by atoms with E-state index in [-0.39, 0.29) is 5.75 Å². The lowest BCUT2D eigenvalue weighted by Gasteiger charge is -2.01. The highest BCUT2D eigenvalue weighted by atomic mass is 32.2. The van der Waals surface area contributed by atoms with Crippen LogP contribution in [0.5, 0.6) is 11.5 Å². The van der Waals surface area contributed by atoms with Gasteiger partial charge in [0.2, 0.25) is 0 Å². The van der Waals surface area contributed by atoms with E-state index in [1.807, 2.05) is 12.3 Å². The van der Waals surface area contributed by atoms with Gasteiger partial charge in [-0.25, -0.2) is 0 Å². The number of hydrogen-bond acceptors (Lipinski definition) is 4. The Morgan fingerprint density at radius 3 is 2.79 bits per heavy atom. The number of thiophene rings is 1. The molecule has 0 bridgehead atoms. The molecule has 0 saturated carbocycles. The molecule has 1 heterocycles. The van der Waals surface area contributed by atoms with Crippen molar-refractivity contribution < 1.29 is 9.84 Å². The normalized spacial score (nSPS) is 10.7. The lowest BCUT2D eigenvalue weighted by Crippen LogP contribution is -1.81. The Hall–Kier alpha value is -0.870. The highest BCUT2D eigenvalue weighted by Crippen LogP contribution is 2.38. The number of thioether (sulfide) groups is 1. The van der Waals surface area contributed by atoms with Crippen LogP contribution >= 0.6 is 23.1 Å². The molecule has 2 rings (SSSR count). The van der Waals surface area contributed by atoms with Crippen molar-refractivity contribution in [3.8, 4) is 11.5 Å². The van der Waals surface area contributed by atoms with Crippen LogP contribution in [0.15, 0.2) is 22.4 Å². The maximum Gasteiger partial charge on any atom is 0.161 e. The van der Waals surface area contributed by atoms with Crippen molar-refractivity contribution in [2.75, 3.05) is 13.4 Å². The van der Waals surface area contributed by atoms with Crippen LogP contribution in [0.3, 0.4) is 0 Å². The second-order valence-electron chi connectivity index (χ2n) is 2.83. The zero-order valence-corrected chi connectivity index (χ0v) is 9.54. The van der Waals surface area contributed by atoms with Crippen molar-refractivity contribution in [3.05, 3.63) is 18.2 Å². The van der Waals surface area contributed by atoms with Gasteiger partial charge >= 0.3 is 0 Å². The highest BCUT2D eigenvalue weighted by molar-refractivity contribution is 8.00. The first-order valence-electron chi connectivity index (χ1n) is 4.09. The maximum absolute atomic E-state index is 9.56. The van der Waals surface area contributed by atoms with E-state index in [9.17, 15) is 5.11 Å². The van der Waals surface area contributed by atoms with Crippen LogP contribution in [0, 0.1) is 0 Å². The first-order chi connectivity index (χ1) is 6.74. The van der Waals surface area contributed by atoms with Gasteiger partial charge in [-0.05, 0) is 23.8 Å². The molecule has 0 spiro atoms. The third kappa shape index (κ3) is 1.55. The lowest BCUT2D eigenvalue weighted by molar-refractivity contribution is 0.374. The summed E-state index contributed by atoms with van der Waals surface area (Å²) in [7, 11) is 1.56. The van der Waals surface area contributed by atoms with Crippen LogP contribution < -0.4 is 4.74 Å². The van der Waals surface area contributed by atoms with Crippen molar-refractivity contribution in [1.82, 2.24) is 0 Å². The quantitative estimate of drug-likeness (QED) is 0.796. The second-order valence-corrected chi connectivity index (χ2v) is 5.02. The molecule has 0 amide bonds. The molecule has 1 aromatic carbocycles. The number of ether oxygens (including phenoxy) is 1. The number of phenols is 1. The average Bonchev–Trinajstić information content (AvgIpc) is 2.58. The maximum atomic E-state index is 9.56. The summed E-state index contributed by atoms with van der Waals surface area (Å²) in [6, 6.07) is 5.68. The number of hydrogen-bond donors (Lipinski definition) is 1. The molecular formula is C10H10O2S2. The molecule has 0 aliphatic heterocycles. The first-order valence-corrected chi connectivity index (χ1v) is 6.13. The van der Waals surface area contributed by atoms with Crippen molar-refractivity contribution in [2.24, 2.45) is 0 Å². The van der Waals surface area contributed by atoms with E-state index in [0.717, 1.165) is 10.1 Å². The fourth-order valence-electron chi connectivity index (χ4n) is 1.30. The smallest absolute Gasteiger partial charge is 0.161 e. The number of fused-ring (bicyclic) bond motifs is 1. The molecule has 1 N–H and O–H groups in total. The molecule has 74 valence electrons. The monoisotopic (exact) mass is 226 g/mol. The Morgan fingerprint density at radius 2 is 2.14 bits per heavy atom. The van der Waals surface area contributed by atoms with Crippen LogP contribution in [0.25, 0.3) is 10.1 Å². The standard InChI is InChI=1S/C10H10O2S2/c1-12-8-5-9-6(3-7(8)11)4-10(13-2)14-9/h3-5,11H,1-2H3. The molecule has 0 saturated heterocycles. The van der Waals surface area contributed by atoms with E-state index in [0.29, 0.717) is 5.75 Å². The van der Waals surface area contributed by atoms with E-state index in [1.54, 1.807) is 36.3 Å². The molecule has 0 radical (unpaired) electrons. The molecule has 0 aliphatic carbocycles. The summed E-state index contributed by atoms with van der Waals surface area (Å²) in [5, 5.41) is 10.6. The molecule has 2 aromatic rings. The van der Waals surface area contributed by atoms with Gasteiger partial charge in [0.25, 0.3) is 0 Å². The predicted molar refractivity (Wildman–Crippen MR) is 61.8 cm³/mol. The van der Waals surface area contributed by atoms with E-state index < -0.39 is 0 Å².